The summed E-state index contributed by atoms with van der Waals surface area (Å²) in [6.07, 6.45) is 3.78. The monoisotopic (exact) mass is 281 g/mol. The molecule has 1 aliphatic heterocycles. The molecule has 1 aliphatic rings. The minimum Gasteiger partial charge on any atom is -0.490 e. The summed E-state index contributed by atoms with van der Waals surface area (Å²) in [7, 11) is 0. The third-order valence-electron chi connectivity index (χ3n) is 4.14. The van der Waals surface area contributed by atoms with Crippen LogP contribution in [-0.2, 0) is 6.42 Å². The standard InChI is InChI=1S/C19H23NO/c1-3-7-17(8-4-1)11-14-20-15-12-19(13-16-20)21-18-9-5-2-6-10-18/h1-10,19H,11-16H2. The first-order chi connectivity index (χ1) is 10.4. The fourth-order valence-corrected chi connectivity index (χ4v) is 2.87. The maximum atomic E-state index is 6.04. The first-order valence-electron chi connectivity index (χ1n) is 7.88. The zero-order valence-electron chi connectivity index (χ0n) is 12.4. The normalized spacial score (nSPS) is 16.8. The molecule has 0 bridgehead atoms. The lowest BCUT2D eigenvalue weighted by atomic mass is 10.1. The molecule has 2 heteroatoms. The van der Waals surface area contributed by atoms with E-state index in [0.29, 0.717) is 6.10 Å². The molecule has 0 aromatic heterocycles. The number of ether oxygens (including phenoxy) is 1. The van der Waals surface area contributed by atoms with Gasteiger partial charge in [0.2, 0.25) is 0 Å². The van der Waals surface area contributed by atoms with Crippen LogP contribution in [0.3, 0.4) is 0 Å². The molecule has 1 saturated heterocycles. The molecule has 1 fully saturated rings. The fraction of sp³-hybridized carbons (Fsp3) is 0.368. The van der Waals surface area contributed by atoms with Gasteiger partial charge in [0, 0.05) is 19.6 Å². The summed E-state index contributed by atoms with van der Waals surface area (Å²) in [5.74, 6) is 1.00. The van der Waals surface area contributed by atoms with Crippen molar-refractivity contribution in [2.45, 2.75) is 25.4 Å². The molecule has 2 aromatic carbocycles. The summed E-state index contributed by atoms with van der Waals surface area (Å²) < 4.78 is 6.04. The van der Waals surface area contributed by atoms with E-state index in [0.717, 1.165) is 44.6 Å². The summed E-state index contributed by atoms with van der Waals surface area (Å²) in [4.78, 5) is 2.55. The third-order valence-corrected chi connectivity index (χ3v) is 4.14. The van der Waals surface area contributed by atoms with Crippen LogP contribution in [-0.4, -0.2) is 30.6 Å². The predicted molar refractivity (Wildman–Crippen MR) is 86.7 cm³/mol. The molecule has 3 rings (SSSR count). The second kappa shape index (κ2) is 7.28. The van der Waals surface area contributed by atoms with Crippen molar-refractivity contribution in [2.75, 3.05) is 19.6 Å². The number of hydrogen-bond acceptors (Lipinski definition) is 2. The average molecular weight is 281 g/mol. The van der Waals surface area contributed by atoms with Gasteiger partial charge in [-0.2, -0.15) is 0 Å². The van der Waals surface area contributed by atoms with Crippen molar-refractivity contribution < 1.29 is 4.74 Å². The highest BCUT2D eigenvalue weighted by Gasteiger charge is 2.20. The topological polar surface area (TPSA) is 12.5 Å². The Bertz CT molecular complexity index is 518. The first-order valence-corrected chi connectivity index (χ1v) is 7.88. The first kappa shape index (κ1) is 14.2. The van der Waals surface area contributed by atoms with Crippen LogP contribution in [0.25, 0.3) is 0 Å². The Kier molecular flexibility index (Phi) is 4.90. The number of nitrogens with zero attached hydrogens (tertiary/aromatic N) is 1. The maximum absolute atomic E-state index is 6.04. The lowest BCUT2D eigenvalue weighted by Gasteiger charge is -2.32. The van der Waals surface area contributed by atoms with Gasteiger partial charge in [-0.15, -0.1) is 0 Å². The molecule has 0 aliphatic carbocycles. The van der Waals surface area contributed by atoms with Crippen LogP contribution in [0.2, 0.25) is 0 Å². The quantitative estimate of drug-likeness (QED) is 0.827. The van der Waals surface area contributed by atoms with Crippen LogP contribution in [0.5, 0.6) is 5.75 Å². The summed E-state index contributed by atoms with van der Waals surface area (Å²) >= 11 is 0. The zero-order chi connectivity index (χ0) is 14.3. The lowest BCUT2D eigenvalue weighted by molar-refractivity contribution is 0.101. The smallest absolute Gasteiger partial charge is 0.119 e. The fourth-order valence-electron chi connectivity index (χ4n) is 2.87. The van der Waals surface area contributed by atoms with E-state index >= 15 is 0 Å². The van der Waals surface area contributed by atoms with E-state index in [-0.39, 0.29) is 0 Å². The van der Waals surface area contributed by atoms with Gasteiger partial charge >= 0.3 is 0 Å². The van der Waals surface area contributed by atoms with Crippen LogP contribution in [0.4, 0.5) is 0 Å². The highest BCUT2D eigenvalue weighted by Crippen LogP contribution is 2.18. The molecule has 0 atom stereocenters. The molecule has 21 heavy (non-hydrogen) atoms. The van der Waals surface area contributed by atoms with E-state index in [1.807, 2.05) is 30.3 Å². The van der Waals surface area contributed by atoms with Crippen LogP contribution < -0.4 is 4.74 Å². The molecule has 110 valence electrons. The number of piperidine rings is 1. The van der Waals surface area contributed by atoms with Crippen molar-refractivity contribution in [3.8, 4) is 5.75 Å². The Hall–Kier alpha value is -1.80. The van der Waals surface area contributed by atoms with E-state index < -0.39 is 0 Å². The van der Waals surface area contributed by atoms with Gasteiger partial charge in [-0.25, -0.2) is 0 Å². The van der Waals surface area contributed by atoms with Gasteiger partial charge < -0.3 is 9.64 Å². The summed E-state index contributed by atoms with van der Waals surface area (Å²) in [6.45, 7) is 3.44. The van der Waals surface area contributed by atoms with E-state index in [1.165, 1.54) is 5.56 Å². The second-order valence-corrected chi connectivity index (χ2v) is 5.71. The maximum Gasteiger partial charge on any atom is 0.119 e. The molecule has 0 N–H and O–H groups in total. The van der Waals surface area contributed by atoms with E-state index in [9.17, 15) is 0 Å². The molecule has 0 unspecified atom stereocenters. The molecule has 0 spiro atoms. The van der Waals surface area contributed by atoms with E-state index in [1.54, 1.807) is 0 Å². The van der Waals surface area contributed by atoms with Gasteiger partial charge in [0.1, 0.15) is 11.9 Å². The largest absolute Gasteiger partial charge is 0.490 e. The van der Waals surface area contributed by atoms with Crippen LogP contribution in [0.1, 0.15) is 18.4 Å². The highest BCUT2D eigenvalue weighted by atomic mass is 16.5. The Labute approximate surface area is 127 Å². The predicted octanol–water partition coefficient (Wildman–Crippen LogP) is 3.77. The lowest BCUT2D eigenvalue weighted by Crippen LogP contribution is -2.39. The molecule has 1 heterocycles. The van der Waals surface area contributed by atoms with Crippen molar-refractivity contribution in [2.24, 2.45) is 0 Å². The number of rotatable bonds is 5. The number of hydrogen-bond donors (Lipinski definition) is 0. The number of para-hydroxylation sites is 1. The number of benzene rings is 2. The van der Waals surface area contributed by atoms with Gasteiger partial charge in [-0.3, -0.25) is 0 Å². The van der Waals surface area contributed by atoms with Gasteiger partial charge in [-0.05, 0) is 37.0 Å². The van der Waals surface area contributed by atoms with Gasteiger partial charge in [-0.1, -0.05) is 48.5 Å². The van der Waals surface area contributed by atoms with Crippen molar-refractivity contribution in [1.82, 2.24) is 4.90 Å². The summed E-state index contributed by atoms with van der Waals surface area (Å²) in [5, 5.41) is 0. The SMILES string of the molecule is c1ccc(CCN2CCC(Oc3ccccc3)CC2)cc1. The minimum atomic E-state index is 0.375. The number of likely N-dealkylation sites (tertiary alicyclic amines) is 1. The van der Waals surface area contributed by atoms with Crippen LogP contribution in [0.15, 0.2) is 60.7 Å². The molecule has 2 aromatic rings. The van der Waals surface area contributed by atoms with Gasteiger partial charge in [0.15, 0.2) is 0 Å². The molecule has 0 radical (unpaired) electrons. The van der Waals surface area contributed by atoms with E-state index in [4.69, 9.17) is 4.74 Å². The van der Waals surface area contributed by atoms with E-state index in [2.05, 4.69) is 35.2 Å². The molecule has 0 saturated carbocycles. The zero-order valence-corrected chi connectivity index (χ0v) is 12.4. The van der Waals surface area contributed by atoms with Crippen molar-refractivity contribution >= 4 is 0 Å². The third kappa shape index (κ3) is 4.33. The second-order valence-electron chi connectivity index (χ2n) is 5.71. The highest BCUT2D eigenvalue weighted by molar-refractivity contribution is 5.21. The van der Waals surface area contributed by atoms with Crippen molar-refractivity contribution in [3.05, 3.63) is 66.2 Å². The Morgan fingerprint density at radius 2 is 1.48 bits per heavy atom. The van der Waals surface area contributed by atoms with Gasteiger partial charge in [0.05, 0.1) is 0 Å². The average Bonchev–Trinajstić information content (AvgIpc) is 2.56. The van der Waals surface area contributed by atoms with Crippen molar-refractivity contribution in [1.29, 1.82) is 0 Å². The molecular formula is C19H23NO. The van der Waals surface area contributed by atoms with Crippen LogP contribution >= 0.6 is 0 Å². The summed E-state index contributed by atoms with van der Waals surface area (Å²) in [6, 6.07) is 20.9. The van der Waals surface area contributed by atoms with Gasteiger partial charge in [0.25, 0.3) is 0 Å². The molecular weight excluding hydrogens is 258 g/mol. The Morgan fingerprint density at radius 3 is 2.14 bits per heavy atom. The van der Waals surface area contributed by atoms with Crippen LogP contribution in [0, 0.1) is 0 Å². The minimum absolute atomic E-state index is 0.375. The molecule has 2 nitrogen and oxygen atoms in total. The Balaban J connectivity index is 1.41. The summed E-state index contributed by atoms with van der Waals surface area (Å²) in [5.41, 5.74) is 1.43. The molecule has 0 amide bonds. The Morgan fingerprint density at radius 1 is 0.857 bits per heavy atom. The van der Waals surface area contributed by atoms with Crippen molar-refractivity contribution in [3.63, 3.8) is 0 Å².